The van der Waals surface area contributed by atoms with Gasteiger partial charge in [0, 0.05) is 36.1 Å². The maximum absolute atomic E-state index is 13.0. The van der Waals surface area contributed by atoms with Gasteiger partial charge in [-0.25, -0.2) is 0 Å². The second-order valence-corrected chi connectivity index (χ2v) is 7.43. The SMILES string of the molecule is O=C1CCCc2cc(C(=O)N3CCC(CO)(c4ccccc4)C3)ccc21. The lowest BCUT2D eigenvalue weighted by Gasteiger charge is -2.28. The summed E-state index contributed by atoms with van der Waals surface area (Å²) >= 11 is 0. The van der Waals surface area contributed by atoms with Crippen molar-refractivity contribution in [3.8, 4) is 0 Å². The Hall–Kier alpha value is -2.46. The van der Waals surface area contributed by atoms with Crippen molar-refractivity contribution < 1.29 is 14.7 Å². The van der Waals surface area contributed by atoms with E-state index in [1.807, 2.05) is 41.3 Å². The zero-order valence-electron chi connectivity index (χ0n) is 14.8. The molecule has 1 unspecified atom stereocenters. The van der Waals surface area contributed by atoms with E-state index in [1.54, 1.807) is 12.1 Å². The number of carbonyl (C=O) groups excluding carboxylic acids is 2. The maximum atomic E-state index is 13.0. The number of fused-ring (bicyclic) bond motifs is 1. The van der Waals surface area contributed by atoms with Gasteiger partial charge >= 0.3 is 0 Å². The van der Waals surface area contributed by atoms with E-state index in [-0.39, 0.29) is 23.7 Å². The number of nitrogens with zero attached hydrogens (tertiary/aromatic N) is 1. The van der Waals surface area contributed by atoms with Crippen LogP contribution in [0.2, 0.25) is 0 Å². The molecule has 1 fully saturated rings. The minimum Gasteiger partial charge on any atom is -0.395 e. The summed E-state index contributed by atoms with van der Waals surface area (Å²) in [7, 11) is 0. The number of rotatable bonds is 3. The van der Waals surface area contributed by atoms with E-state index >= 15 is 0 Å². The lowest BCUT2D eigenvalue weighted by Crippen LogP contribution is -2.37. The number of carbonyl (C=O) groups is 2. The number of hydrogen-bond donors (Lipinski definition) is 1. The molecule has 1 aliphatic heterocycles. The zero-order chi connectivity index (χ0) is 18.1. The molecule has 0 aromatic heterocycles. The van der Waals surface area contributed by atoms with Crippen molar-refractivity contribution in [3.05, 3.63) is 70.8 Å². The highest BCUT2D eigenvalue weighted by Gasteiger charge is 2.41. The average molecular weight is 349 g/mol. The largest absolute Gasteiger partial charge is 0.395 e. The predicted molar refractivity (Wildman–Crippen MR) is 99.4 cm³/mol. The Morgan fingerprint density at radius 3 is 2.69 bits per heavy atom. The van der Waals surface area contributed by atoms with E-state index < -0.39 is 0 Å². The first-order chi connectivity index (χ1) is 12.6. The van der Waals surface area contributed by atoms with Gasteiger partial charge in [-0.15, -0.1) is 0 Å². The Morgan fingerprint density at radius 1 is 1.12 bits per heavy atom. The van der Waals surface area contributed by atoms with Crippen molar-refractivity contribution >= 4 is 11.7 Å². The lowest BCUT2D eigenvalue weighted by atomic mass is 9.80. The minimum absolute atomic E-state index is 0.0166. The Labute approximate surface area is 153 Å². The van der Waals surface area contributed by atoms with Crippen LogP contribution in [0.3, 0.4) is 0 Å². The first kappa shape index (κ1) is 17.0. The van der Waals surface area contributed by atoms with Crippen molar-refractivity contribution in [1.29, 1.82) is 0 Å². The summed E-state index contributed by atoms with van der Waals surface area (Å²) in [6.45, 7) is 1.17. The highest BCUT2D eigenvalue weighted by Crippen LogP contribution is 2.35. The quantitative estimate of drug-likeness (QED) is 0.927. The fourth-order valence-electron chi connectivity index (χ4n) is 4.26. The van der Waals surface area contributed by atoms with Gasteiger partial charge in [0.25, 0.3) is 5.91 Å². The van der Waals surface area contributed by atoms with Gasteiger partial charge in [-0.2, -0.15) is 0 Å². The Balaban J connectivity index is 1.57. The third-order valence-electron chi connectivity index (χ3n) is 5.83. The van der Waals surface area contributed by atoms with E-state index in [4.69, 9.17) is 0 Å². The minimum atomic E-state index is -0.388. The smallest absolute Gasteiger partial charge is 0.253 e. The average Bonchev–Trinajstić information content (AvgIpc) is 3.14. The highest BCUT2D eigenvalue weighted by atomic mass is 16.3. The van der Waals surface area contributed by atoms with Crippen LogP contribution in [0.15, 0.2) is 48.5 Å². The van der Waals surface area contributed by atoms with E-state index in [2.05, 4.69) is 0 Å². The van der Waals surface area contributed by atoms with Gasteiger partial charge in [-0.1, -0.05) is 36.4 Å². The number of benzene rings is 2. The Bertz CT molecular complexity index is 846. The zero-order valence-corrected chi connectivity index (χ0v) is 14.8. The van der Waals surface area contributed by atoms with Gasteiger partial charge in [0.15, 0.2) is 5.78 Å². The summed E-state index contributed by atoms with van der Waals surface area (Å²) in [5.41, 5.74) is 3.08. The van der Waals surface area contributed by atoms with Crippen LogP contribution in [-0.4, -0.2) is 41.4 Å². The molecule has 26 heavy (non-hydrogen) atoms. The van der Waals surface area contributed by atoms with Crippen LogP contribution in [0, 0.1) is 0 Å². The van der Waals surface area contributed by atoms with E-state index in [0.717, 1.165) is 36.0 Å². The molecule has 1 N–H and O–H groups in total. The second-order valence-electron chi connectivity index (χ2n) is 7.43. The van der Waals surface area contributed by atoms with E-state index in [1.165, 1.54) is 0 Å². The van der Waals surface area contributed by atoms with Gasteiger partial charge < -0.3 is 10.0 Å². The monoisotopic (exact) mass is 349 g/mol. The number of aliphatic hydroxyl groups excluding tert-OH is 1. The number of Topliss-reactive ketones (excluding diaryl/α,β-unsaturated/α-hetero) is 1. The van der Waals surface area contributed by atoms with Crippen LogP contribution in [0.4, 0.5) is 0 Å². The van der Waals surface area contributed by atoms with Gasteiger partial charge in [0.1, 0.15) is 0 Å². The fourth-order valence-corrected chi connectivity index (χ4v) is 4.26. The molecule has 1 atom stereocenters. The molecule has 1 aliphatic carbocycles. The molecule has 0 spiro atoms. The molecule has 1 amide bonds. The van der Waals surface area contributed by atoms with E-state index in [0.29, 0.717) is 25.1 Å². The summed E-state index contributed by atoms with van der Waals surface area (Å²) in [5, 5.41) is 10.1. The molecule has 134 valence electrons. The first-order valence-corrected chi connectivity index (χ1v) is 9.25. The van der Waals surface area contributed by atoms with Gasteiger partial charge in [0.2, 0.25) is 0 Å². The summed E-state index contributed by atoms with van der Waals surface area (Å²) < 4.78 is 0. The molecule has 4 nitrogen and oxygen atoms in total. The summed E-state index contributed by atoms with van der Waals surface area (Å²) in [5.74, 6) is 0.159. The molecule has 0 saturated carbocycles. The molecule has 2 aromatic rings. The molecule has 4 rings (SSSR count). The van der Waals surface area contributed by atoms with Gasteiger partial charge in [-0.3, -0.25) is 9.59 Å². The summed E-state index contributed by atoms with van der Waals surface area (Å²) in [6.07, 6.45) is 3.06. The third-order valence-corrected chi connectivity index (χ3v) is 5.83. The van der Waals surface area contributed by atoms with Crippen LogP contribution in [0.1, 0.15) is 51.1 Å². The Morgan fingerprint density at radius 2 is 1.92 bits per heavy atom. The maximum Gasteiger partial charge on any atom is 0.253 e. The molecular weight excluding hydrogens is 326 g/mol. The van der Waals surface area contributed by atoms with Crippen LogP contribution >= 0.6 is 0 Å². The molecule has 0 radical (unpaired) electrons. The third kappa shape index (κ3) is 2.84. The number of aryl methyl sites for hydroxylation is 1. The Kier molecular flexibility index (Phi) is 4.37. The highest BCUT2D eigenvalue weighted by molar-refractivity contribution is 6.01. The topological polar surface area (TPSA) is 57.6 Å². The van der Waals surface area contributed by atoms with Crippen LogP contribution in [-0.2, 0) is 11.8 Å². The number of aliphatic hydroxyl groups is 1. The van der Waals surface area contributed by atoms with Crippen LogP contribution in [0.5, 0.6) is 0 Å². The summed E-state index contributed by atoms with van der Waals surface area (Å²) in [6, 6.07) is 15.4. The predicted octanol–water partition coefficient (Wildman–Crippen LogP) is 2.98. The van der Waals surface area contributed by atoms with Crippen molar-refractivity contribution in [2.24, 2.45) is 0 Å². The fraction of sp³-hybridized carbons (Fsp3) is 0.364. The first-order valence-electron chi connectivity index (χ1n) is 9.25. The molecule has 1 heterocycles. The van der Waals surface area contributed by atoms with Gasteiger partial charge in [-0.05, 0) is 42.5 Å². The number of likely N-dealkylation sites (tertiary alicyclic amines) is 1. The molecular formula is C22H23NO3. The van der Waals surface area contributed by atoms with E-state index in [9.17, 15) is 14.7 Å². The van der Waals surface area contributed by atoms with Crippen molar-refractivity contribution in [1.82, 2.24) is 4.90 Å². The van der Waals surface area contributed by atoms with Crippen molar-refractivity contribution in [2.75, 3.05) is 19.7 Å². The number of amides is 1. The molecule has 0 bridgehead atoms. The standard InChI is InChI=1S/C22H23NO3/c24-15-22(18-6-2-1-3-7-18)11-12-23(14-22)21(26)17-9-10-19-16(13-17)5-4-8-20(19)25/h1-3,6-7,9-10,13,24H,4-5,8,11-12,14-15H2. The molecule has 1 saturated heterocycles. The molecule has 2 aliphatic rings. The summed E-state index contributed by atoms with van der Waals surface area (Å²) in [4.78, 5) is 26.8. The normalized spacial score (nSPS) is 22.3. The van der Waals surface area contributed by atoms with Crippen LogP contribution < -0.4 is 0 Å². The van der Waals surface area contributed by atoms with Crippen molar-refractivity contribution in [2.45, 2.75) is 31.1 Å². The second kappa shape index (κ2) is 6.69. The molecule has 2 aromatic carbocycles. The van der Waals surface area contributed by atoms with Crippen molar-refractivity contribution in [3.63, 3.8) is 0 Å². The molecule has 4 heteroatoms. The van der Waals surface area contributed by atoms with Crippen LogP contribution in [0.25, 0.3) is 0 Å². The number of hydrogen-bond acceptors (Lipinski definition) is 3. The lowest BCUT2D eigenvalue weighted by molar-refractivity contribution is 0.0773. The number of ketones is 1. The van der Waals surface area contributed by atoms with Gasteiger partial charge in [0.05, 0.1) is 6.61 Å².